The molecule has 0 bridgehead atoms. The monoisotopic (exact) mass is 272 g/mol. The number of ether oxygens (including phenoxy) is 1. The second-order valence-corrected chi connectivity index (χ2v) is 4.26. The molecular formula is C13H28N4O2. The summed E-state index contributed by atoms with van der Waals surface area (Å²) in [6.45, 7) is 4.34. The Kier molecular flexibility index (Phi) is 12.2. The Bertz CT molecular complexity index is 257. The van der Waals surface area contributed by atoms with Crippen LogP contribution in [0.25, 0.3) is 0 Å². The fourth-order valence-electron chi connectivity index (χ4n) is 1.50. The number of hydrogen-bond acceptors (Lipinski definition) is 3. The minimum atomic E-state index is -0.0639. The molecule has 0 spiro atoms. The molecule has 0 aromatic carbocycles. The largest absolute Gasteiger partial charge is 0.383 e. The van der Waals surface area contributed by atoms with E-state index in [1.807, 2.05) is 0 Å². The first kappa shape index (κ1) is 17.7. The molecule has 0 aromatic heterocycles. The average molecular weight is 272 g/mol. The van der Waals surface area contributed by atoms with E-state index in [0.29, 0.717) is 19.1 Å². The van der Waals surface area contributed by atoms with E-state index < -0.39 is 0 Å². The molecule has 0 saturated heterocycles. The molecule has 0 fully saturated rings. The summed E-state index contributed by atoms with van der Waals surface area (Å²) in [7, 11) is 3.30. The highest BCUT2D eigenvalue weighted by molar-refractivity contribution is 5.86. The third-order valence-corrected chi connectivity index (χ3v) is 2.59. The van der Waals surface area contributed by atoms with Crippen LogP contribution < -0.4 is 16.0 Å². The number of aliphatic imine (C=N–C) groups is 1. The molecular weight excluding hydrogens is 244 g/mol. The normalized spacial score (nSPS) is 11.2. The minimum Gasteiger partial charge on any atom is -0.383 e. The Morgan fingerprint density at radius 3 is 2.53 bits per heavy atom. The van der Waals surface area contributed by atoms with Crippen molar-refractivity contribution in [1.82, 2.24) is 16.0 Å². The van der Waals surface area contributed by atoms with E-state index in [9.17, 15) is 4.79 Å². The van der Waals surface area contributed by atoms with Crippen molar-refractivity contribution in [1.29, 1.82) is 0 Å². The van der Waals surface area contributed by atoms with Gasteiger partial charge in [0.15, 0.2) is 5.96 Å². The van der Waals surface area contributed by atoms with Crippen molar-refractivity contribution in [3.8, 4) is 0 Å². The molecule has 0 rings (SSSR count). The van der Waals surface area contributed by atoms with Crippen molar-refractivity contribution in [3.63, 3.8) is 0 Å². The van der Waals surface area contributed by atoms with Gasteiger partial charge in [-0.1, -0.05) is 26.2 Å². The van der Waals surface area contributed by atoms with E-state index in [2.05, 4.69) is 27.9 Å². The van der Waals surface area contributed by atoms with Crippen molar-refractivity contribution < 1.29 is 9.53 Å². The number of unbranched alkanes of at least 4 members (excludes halogenated alkanes) is 3. The molecule has 0 radical (unpaired) electrons. The zero-order valence-electron chi connectivity index (χ0n) is 12.4. The van der Waals surface area contributed by atoms with Crippen molar-refractivity contribution >= 4 is 11.9 Å². The lowest BCUT2D eigenvalue weighted by Crippen LogP contribution is -2.43. The van der Waals surface area contributed by atoms with Gasteiger partial charge < -0.3 is 20.7 Å². The van der Waals surface area contributed by atoms with E-state index in [1.54, 1.807) is 14.2 Å². The number of nitrogens with zero attached hydrogens (tertiary/aromatic N) is 1. The fourth-order valence-corrected chi connectivity index (χ4v) is 1.50. The van der Waals surface area contributed by atoms with Crippen LogP contribution in [0.2, 0.25) is 0 Å². The molecule has 112 valence electrons. The van der Waals surface area contributed by atoms with Crippen LogP contribution in [0.3, 0.4) is 0 Å². The lowest BCUT2D eigenvalue weighted by molar-refractivity contribution is -0.120. The van der Waals surface area contributed by atoms with Gasteiger partial charge in [-0.25, -0.2) is 0 Å². The zero-order chi connectivity index (χ0) is 14.3. The van der Waals surface area contributed by atoms with Crippen LogP contribution in [-0.4, -0.2) is 52.3 Å². The number of carbonyl (C=O) groups excluding carboxylic acids is 1. The second kappa shape index (κ2) is 13.1. The molecule has 0 aliphatic rings. The Balaban J connectivity index is 3.61. The van der Waals surface area contributed by atoms with Gasteiger partial charge in [0, 0.05) is 27.2 Å². The van der Waals surface area contributed by atoms with Gasteiger partial charge in [0.25, 0.3) is 0 Å². The van der Waals surface area contributed by atoms with Crippen LogP contribution in [0.15, 0.2) is 4.99 Å². The van der Waals surface area contributed by atoms with Crippen LogP contribution in [0.4, 0.5) is 0 Å². The number of hydrogen-bond donors (Lipinski definition) is 3. The Hall–Kier alpha value is -1.30. The van der Waals surface area contributed by atoms with Crippen molar-refractivity contribution in [2.45, 2.75) is 32.6 Å². The summed E-state index contributed by atoms with van der Waals surface area (Å²) in [6.07, 6.45) is 4.83. The third-order valence-electron chi connectivity index (χ3n) is 2.59. The van der Waals surface area contributed by atoms with Crippen LogP contribution in [0.5, 0.6) is 0 Å². The first-order valence-electron chi connectivity index (χ1n) is 6.94. The summed E-state index contributed by atoms with van der Waals surface area (Å²) in [5.41, 5.74) is 0. The average Bonchev–Trinajstić information content (AvgIpc) is 2.42. The van der Waals surface area contributed by atoms with E-state index in [0.717, 1.165) is 13.0 Å². The summed E-state index contributed by atoms with van der Waals surface area (Å²) in [5, 5.41) is 8.90. The first-order valence-corrected chi connectivity index (χ1v) is 6.94. The maximum absolute atomic E-state index is 11.4. The van der Waals surface area contributed by atoms with Gasteiger partial charge in [-0.3, -0.25) is 9.79 Å². The molecule has 19 heavy (non-hydrogen) atoms. The minimum absolute atomic E-state index is 0.0639. The van der Waals surface area contributed by atoms with Gasteiger partial charge in [-0.2, -0.15) is 0 Å². The molecule has 1 amide bonds. The van der Waals surface area contributed by atoms with Gasteiger partial charge in [0.2, 0.25) is 5.91 Å². The molecule has 3 N–H and O–H groups in total. The SMILES string of the molecule is CCCCCCNC(=NC)NCC(=O)NCCOC. The molecule has 0 heterocycles. The van der Waals surface area contributed by atoms with Crippen LogP contribution >= 0.6 is 0 Å². The Morgan fingerprint density at radius 1 is 1.11 bits per heavy atom. The third kappa shape index (κ3) is 11.5. The standard InChI is InChI=1S/C13H28N4O2/c1-4-5-6-7-8-16-13(14-2)17-11-12(18)15-9-10-19-3/h4-11H2,1-3H3,(H,15,18)(H2,14,16,17). The lowest BCUT2D eigenvalue weighted by Gasteiger charge is -2.11. The molecule has 0 saturated carbocycles. The molecule has 0 unspecified atom stereocenters. The first-order chi connectivity index (χ1) is 9.24. The topological polar surface area (TPSA) is 74.8 Å². The van der Waals surface area contributed by atoms with Gasteiger partial charge in [-0.05, 0) is 6.42 Å². The Morgan fingerprint density at radius 2 is 1.89 bits per heavy atom. The van der Waals surface area contributed by atoms with Crippen molar-refractivity contribution in [2.24, 2.45) is 4.99 Å². The molecule has 0 atom stereocenters. The summed E-state index contributed by atoms with van der Waals surface area (Å²) >= 11 is 0. The van der Waals surface area contributed by atoms with Crippen LogP contribution in [0.1, 0.15) is 32.6 Å². The molecule has 0 aliphatic heterocycles. The molecule has 0 aromatic rings. The maximum Gasteiger partial charge on any atom is 0.239 e. The smallest absolute Gasteiger partial charge is 0.239 e. The van der Waals surface area contributed by atoms with E-state index >= 15 is 0 Å². The van der Waals surface area contributed by atoms with Gasteiger partial charge in [-0.15, -0.1) is 0 Å². The van der Waals surface area contributed by atoms with Crippen molar-refractivity contribution in [3.05, 3.63) is 0 Å². The second-order valence-electron chi connectivity index (χ2n) is 4.26. The summed E-state index contributed by atoms with van der Waals surface area (Å²) in [6, 6.07) is 0. The van der Waals surface area contributed by atoms with Crippen LogP contribution in [0, 0.1) is 0 Å². The highest BCUT2D eigenvalue weighted by Gasteiger charge is 2.02. The number of nitrogens with one attached hydrogen (secondary N) is 3. The summed E-state index contributed by atoms with van der Waals surface area (Å²) < 4.78 is 4.85. The fraction of sp³-hybridized carbons (Fsp3) is 0.846. The number of amides is 1. The van der Waals surface area contributed by atoms with Gasteiger partial charge >= 0.3 is 0 Å². The summed E-state index contributed by atoms with van der Waals surface area (Å²) in [4.78, 5) is 15.5. The highest BCUT2D eigenvalue weighted by Crippen LogP contribution is 1.96. The molecule has 6 heteroatoms. The predicted octanol–water partition coefficient (Wildman–Crippen LogP) is 0.494. The van der Waals surface area contributed by atoms with E-state index in [1.165, 1.54) is 19.3 Å². The Labute approximate surface area is 116 Å². The van der Waals surface area contributed by atoms with E-state index in [4.69, 9.17) is 4.74 Å². The van der Waals surface area contributed by atoms with Gasteiger partial charge in [0.05, 0.1) is 13.2 Å². The van der Waals surface area contributed by atoms with Crippen LogP contribution in [-0.2, 0) is 9.53 Å². The lowest BCUT2D eigenvalue weighted by atomic mass is 10.2. The van der Waals surface area contributed by atoms with Crippen molar-refractivity contribution in [2.75, 3.05) is 40.4 Å². The number of methoxy groups -OCH3 is 1. The van der Waals surface area contributed by atoms with Gasteiger partial charge in [0.1, 0.15) is 0 Å². The number of guanidine groups is 1. The molecule has 6 nitrogen and oxygen atoms in total. The predicted molar refractivity (Wildman–Crippen MR) is 78.4 cm³/mol. The molecule has 0 aliphatic carbocycles. The number of rotatable bonds is 10. The summed E-state index contributed by atoms with van der Waals surface area (Å²) in [5.74, 6) is 0.601. The quantitative estimate of drug-likeness (QED) is 0.307. The highest BCUT2D eigenvalue weighted by atomic mass is 16.5. The van der Waals surface area contributed by atoms with E-state index in [-0.39, 0.29) is 12.5 Å². The zero-order valence-corrected chi connectivity index (χ0v) is 12.4. The maximum atomic E-state index is 11.4. The number of carbonyl (C=O) groups is 1.